The minimum Gasteiger partial charge on any atom is -0.496 e. The molecule has 0 aliphatic rings. The zero-order valence-corrected chi connectivity index (χ0v) is 20.2. The molecule has 0 spiro atoms. The van der Waals surface area contributed by atoms with E-state index in [1.807, 2.05) is 60.7 Å². The van der Waals surface area contributed by atoms with Crippen molar-refractivity contribution in [2.75, 3.05) is 20.7 Å². The molecule has 0 saturated heterocycles. The molecule has 0 aliphatic heterocycles. The van der Waals surface area contributed by atoms with Crippen LogP contribution in [0.3, 0.4) is 0 Å². The fourth-order valence-corrected chi connectivity index (χ4v) is 3.04. The number of pyridine rings is 1. The number of halogens is 1. The number of hydrogen-bond acceptors (Lipinski definition) is 4. The normalized spacial score (nSPS) is 10.7. The average molecular weight is 532 g/mol. The first-order valence-electron chi connectivity index (χ1n) is 9.97. The van der Waals surface area contributed by atoms with Crippen LogP contribution in [0, 0.1) is 0 Å². The third-order valence-corrected chi connectivity index (χ3v) is 4.62. The molecule has 3 rings (SSSR count). The summed E-state index contributed by atoms with van der Waals surface area (Å²) in [6.45, 7) is 1.79. The van der Waals surface area contributed by atoms with E-state index in [0.717, 1.165) is 41.4 Å². The summed E-state index contributed by atoms with van der Waals surface area (Å²) in [7, 11) is 3.45. The molecule has 1 aromatic heterocycles. The van der Waals surface area contributed by atoms with Crippen molar-refractivity contribution < 1.29 is 9.47 Å². The highest BCUT2D eigenvalue weighted by Crippen LogP contribution is 2.17. The fraction of sp³-hybridized carbons (Fsp3) is 0.250. The molecule has 0 aliphatic carbocycles. The number of para-hydroxylation sites is 1. The second-order valence-electron chi connectivity index (χ2n) is 6.66. The molecule has 0 radical (unpaired) electrons. The molecule has 3 aromatic rings. The van der Waals surface area contributed by atoms with Crippen molar-refractivity contribution in [2.24, 2.45) is 4.99 Å². The Bertz CT molecular complexity index is 951. The first kappa shape index (κ1) is 24.5. The smallest absolute Gasteiger partial charge is 0.218 e. The van der Waals surface area contributed by atoms with Crippen molar-refractivity contribution in [1.82, 2.24) is 15.6 Å². The van der Waals surface area contributed by atoms with Crippen molar-refractivity contribution >= 4 is 29.9 Å². The van der Waals surface area contributed by atoms with Crippen molar-refractivity contribution in [3.8, 4) is 11.6 Å². The minimum absolute atomic E-state index is 0. The van der Waals surface area contributed by atoms with Gasteiger partial charge in [0.15, 0.2) is 5.96 Å². The molecular weight excluding hydrogens is 503 g/mol. The van der Waals surface area contributed by atoms with Gasteiger partial charge < -0.3 is 20.1 Å². The third kappa shape index (κ3) is 7.75. The summed E-state index contributed by atoms with van der Waals surface area (Å²) in [5.41, 5.74) is 3.24. The number of nitrogens with one attached hydrogen (secondary N) is 2. The maximum Gasteiger partial charge on any atom is 0.218 e. The molecule has 2 N–H and O–H groups in total. The third-order valence-electron chi connectivity index (χ3n) is 4.62. The van der Waals surface area contributed by atoms with Crippen LogP contribution in [0.1, 0.15) is 16.7 Å². The number of hydrogen-bond donors (Lipinski definition) is 2. The summed E-state index contributed by atoms with van der Waals surface area (Å²) in [4.78, 5) is 8.68. The van der Waals surface area contributed by atoms with Crippen LogP contribution in [-0.2, 0) is 19.6 Å². The number of aromatic nitrogens is 1. The van der Waals surface area contributed by atoms with Gasteiger partial charge in [-0.25, -0.2) is 4.98 Å². The summed E-state index contributed by atoms with van der Waals surface area (Å²) < 4.78 is 11.3. The van der Waals surface area contributed by atoms with E-state index in [-0.39, 0.29) is 24.0 Å². The van der Waals surface area contributed by atoms with E-state index in [0.29, 0.717) is 19.0 Å². The van der Waals surface area contributed by atoms with Gasteiger partial charge >= 0.3 is 0 Å². The second kappa shape index (κ2) is 13.5. The number of methoxy groups -OCH3 is 1. The van der Waals surface area contributed by atoms with E-state index < -0.39 is 0 Å². The molecule has 0 saturated carbocycles. The van der Waals surface area contributed by atoms with Crippen LogP contribution in [0.2, 0.25) is 0 Å². The van der Waals surface area contributed by atoms with E-state index in [4.69, 9.17) is 9.47 Å². The van der Waals surface area contributed by atoms with Crippen LogP contribution < -0.4 is 20.1 Å². The van der Waals surface area contributed by atoms with Crippen molar-refractivity contribution in [3.05, 3.63) is 89.6 Å². The van der Waals surface area contributed by atoms with Gasteiger partial charge in [-0.3, -0.25) is 4.99 Å². The maximum atomic E-state index is 5.93. The van der Waals surface area contributed by atoms with Crippen molar-refractivity contribution in [3.63, 3.8) is 0 Å². The lowest BCUT2D eigenvalue weighted by atomic mass is 10.1. The van der Waals surface area contributed by atoms with Crippen LogP contribution in [-0.4, -0.2) is 31.6 Å². The zero-order valence-electron chi connectivity index (χ0n) is 17.9. The Morgan fingerprint density at radius 2 is 1.68 bits per heavy atom. The van der Waals surface area contributed by atoms with Gasteiger partial charge in [0.2, 0.25) is 5.88 Å². The van der Waals surface area contributed by atoms with E-state index in [1.165, 1.54) is 0 Å². The molecule has 0 unspecified atom stereocenters. The first-order valence-corrected chi connectivity index (χ1v) is 9.97. The van der Waals surface area contributed by atoms with Gasteiger partial charge in [0.1, 0.15) is 12.4 Å². The molecule has 0 bridgehead atoms. The topological polar surface area (TPSA) is 67.8 Å². The van der Waals surface area contributed by atoms with E-state index in [2.05, 4.69) is 26.7 Å². The Balaban J connectivity index is 0.00000341. The quantitative estimate of drug-likeness (QED) is 0.246. The van der Waals surface area contributed by atoms with Crippen LogP contribution in [0.15, 0.2) is 77.9 Å². The fourth-order valence-electron chi connectivity index (χ4n) is 3.04. The van der Waals surface area contributed by atoms with Gasteiger partial charge in [0.05, 0.1) is 7.11 Å². The number of guanidine groups is 1. The highest BCUT2D eigenvalue weighted by atomic mass is 127. The molecule has 164 valence electrons. The minimum atomic E-state index is 0. The van der Waals surface area contributed by atoms with Crippen LogP contribution >= 0.6 is 24.0 Å². The number of rotatable bonds is 9. The highest BCUT2D eigenvalue weighted by molar-refractivity contribution is 14.0. The standard InChI is InChI=1S/C24H28N4O2.HI/c1-25-24(27-16-14-20-11-6-7-13-22(20)29-2)28-17-21-12-8-15-26-23(21)30-18-19-9-4-3-5-10-19;/h3-13,15H,14,16-18H2,1-2H3,(H2,25,27,28);1H. The lowest BCUT2D eigenvalue weighted by Gasteiger charge is -2.15. The van der Waals surface area contributed by atoms with E-state index in [1.54, 1.807) is 20.4 Å². The maximum absolute atomic E-state index is 5.93. The average Bonchev–Trinajstić information content (AvgIpc) is 2.81. The zero-order chi connectivity index (χ0) is 21.0. The number of nitrogens with zero attached hydrogens (tertiary/aromatic N) is 2. The first-order chi connectivity index (χ1) is 14.8. The number of aliphatic imine (C=N–C) groups is 1. The van der Waals surface area contributed by atoms with Crippen LogP contribution in [0.4, 0.5) is 0 Å². The second-order valence-corrected chi connectivity index (χ2v) is 6.66. The summed E-state index contributed by atoms with van der Waals surface area (Å²) in [6.07, 6.45) is 2.58. The van der Waals surface area contributed by atoms with Gasteiger partial charge in [-0.15, -0.1) is 24.0 Å². The SMILES string of the molecule is CN=C(NCCc1ccccc1OC)NCc1cccnc1OCc1ccccc1.I. The van der Waals surface area contributed by atoms with Gasteiger partial charge in [-0.05, 0) is 29.7 Å². The monoisotopic (exact) mass is 532 g/mol. The highest BCUT2D eigenvalue weighted by Gasteiger charge is 2.07. The molecule has 31 heavy (non-hydrogen) atoms. The van der Waals surface area contributed by atoms with Crippen molar-refractivity contribution in [1.29, 1.82) is 0 Å². The molecule has 7 heteroatoms. The number of benzene rings is 2. The summed E-state index contributed by atoms with van der Waals surface area (Å²) in [5.74, 6) is 2.25. The summed E-state index contributed by atoms with van der Waals surface area (Å²) in [5, 5.41) is 6.67. The van der Waals surface area contributed by atoms with E-state index >= 15 is 0 Å². The molecule has 0 atom stereocenters. The Morgan fingerprint density at radius 3 is 2.45 bits per heavy atom. The lowest BCUT2D eigenvalue weighted by molar-refractivity contribution is 0.290. The Kier molecular flexibility index (Phi) is 10.6. The molecule has 6 nitrogen and oxygen atoms in total. The molecular formula is C24H29IN4O2. The Morgan fingerprint density at radius 1 is 0.935 bits per heavy atom. The molecule has 0 amide bonds. The predicted molar refractivity (Wildman–Crippen MR) is 135 cm³/mol. The Hall–Kier alpha value is -2.81. The molecule has 0 fully saturated rings. The summed E-state index contributed by atoms with van der Waals surface area (Å²) >= 11 is 0. The Labute approximate surface area is 201 Å². The summed E-state index contributed by atoms with van der Waals surface area (Å²) in [6, 6.07) is 22.0. The van der Waals surface area contributed by atoms with E-state index in [9.17, 15) is 0 Å². The van der Waals surface area contributed by atoms with Gasteiger partial charge in [-0.2, -0.15) is 0 Å². The predicted octanol–water partition coefficient (Wildman–Crippen LogP) is 4.19. The molecule has 2 aromatic carbocycles. The van der Waals surface area contributed by atoms with Gasteiger partial charge in [0.25, 0.3) is 0 Å². The van der Waals surface area contributed by atoms with Gasteiger partial charge in [0, 0.05) is 31.9 Å². The van der Waals surface area contributed by atoms with Gasteiger partial charge in [-0.1, -0.05) is 54.6 Å². The molecule has 1 heterocycles. The largest absolute Gasteiger partial charge is 0.496 e. The number of ether oxygens (including phenoxy) is 2. The lowest BCUT2D eigenvalue weighted by Crippen LogP contribution is -2.38. The van der Waals surface area contributed by atoms with Crippen LogP contribution in [0.5, 0.6) is 11.6 Å². The van der Waals surface area contributed by atoms with Crippen LogP contribution in [0.25, 0.3) is 0 Å². The van der Waals surface area contributed by atoms with Crippen molar-refractivity contribution in [2.45, 2.75) is 19.6 Å².